The molecule has 2 rings (SSSR count). The van der Waals surface area contributed by atoms with E-state index in [1.165, 1.54) is 24.9 Å². The number of aryl methyl sites for hydroxylation is 1. The van der Waals surface area contributed by atoms with Gasteiger partial charge >= 0.3 is 11.7 Å². The van der Waals surface area contributed by atoms with Gasteiger partial charge in [-0.05, 0) is 17.7 Å². The van der Waals surface area contributed by atoms with Gasteiger partial charge in [0.15, 0.2) is 0 Å². The topological polar surface area (TPSA) is 70.3 Å². The minimum absolute atomic E-state index is 0.348. The first-order valence-electron chi connectivity index (χ1n) is 5.91. The molecular formula is C14H14N2O4. The number of aromatic nitrogens is 2. The van der Waals surface area contributed by atoms with Gasteiger partial charge in [-0.25, -0.2) is 9.59 Å². The van der Waals surface area contributed by atoms with Crippen LogP contribution in [-0.2, 0) is 18.8 Å². The maximum Gasteiger partial charge on any atom is 0.337 e. The molecule has 104 valence electrons. The Labute approximate surface area is 114 Å². The van der Waals surface area contributed by atoms with Crippen molar-refractivity contribution in [1.82, 2.24) is 9.13 Å². The summed E-state index contributed by atoms with van der Waals surface area (Å²) in [5, 5.41) is 0. The zero-order chi connectivity index (χ0) is 14.9. The number of ether oxygens (including phenoxy) is 1. The molecule has 0 bridgehead atoms. The van der Waals surface area contributed by atoms with Gasteiger partial charge < -0.3 is 9.30 Å². The van der Waals surface area contributed by atoms with Crippen LogP contribution >= 0.6 is 0 Å². The van der Waals surface area contributed by atoms with Gasteiger partial charge in [0, 0.05) is 20.3 Å². The predicted molar refractivity (Wildman–Crippen MR) is 73.7 cm³/mol. The predicted octanol–water partition coefficient (Wildman–Crippen LogP) is 0.538. The maximum atomic E-state index is 12.1. The Hall–Kier alpha value is -2.63. The number of rotatable bonds is 2. The highest BCUT2D eigenvalue weighted by atomic mass is 16.5. The van der Waals surface area contributed by atoms with Gasteiger partial charge in [0.1, 0.15) is 0 Å². The van der Waals surface area contributed by atoms with Crippen LogP contribution in [0.1, 0.15) is 10.4 Å². The third-order valence-electron chi connectivity index (χ3n) is 3.04. The summed E-state index contributed by atoms with van der Waals surface area (Å²) in [5.74, 6) is -0.478. The smallest absolute Gasteiger partial charge is 0.337 e. The van der Waals surface area contributed by atoms with Crippen LogP contribution in [0.3, 0.4) is 0 Å². The van der Waals surface area contributed by atoms with Crippen molar-refractivity contribution in [2.45, 2.75) is 0 Å². The second-order valence-corrected chi connectivity index (χ2v) is 4.37. The van der Waals surface area contributed by atoms with Gasteiger partial charge in [0.25, 0.3) is 5.56 Å². The van der Waals surface area contributed by atoms with E-state index in [-0.39, 0.29) is 0 Å². The molecule has 0 spiro atoms. The van der Waals surface area contributed by atoms with Crippen molar-refractivity contribution in [1.29, 1.82) is 0 Å². The first kappa shape index (κ1) is 13.8. The molecule has 0 amide bonds. The molecule has 2 aromatic rings. The number of hydrogen-bond acceptors (Lipinski definition) is 4. The zero-order valence-electron chi connectivity index (χ0n) is 11.4. The van der Waals surface area contributed by atoms with Crippen molar-refractivity contribution in [2.75, 3.05) is 7.11 Å². The Kier molecular flexibility index (Phi) is 3.56. The Morgan fingerprint density at radius 3 is 2.55 bits per heavy atom. The number of esters is 1. The van der Waals surface area contributed by atoms with Gasteiger partial charge in [-0.3, -0.25) is 9.36 Å². The summed E-state index contributed by atoms with van der Waals surface area (Å²) in [7, 11) is 4.27. The lowest BCUT2D eigenvalue weighted by Crippen LogP contribution is -2.37. The summed E-state index contributed by atoms with van der Waals surface area (Å²) in [5.41, 5.74) is 0.448. The molecule has 1 aromatic heterocycles. The van der Waals surface area contributed by atoms with Crippen LogP contribution in [0.4, 0.5) is 0 Å². The molecule has 0 fully saturated rings. The molecule has 0 aliphatic rings. The quantitative estimate of drug-likeness (QED) is 0.749. The van der Waals surface area contributed by atoms with Crippen molar-refractivity contribution >= 4 is 5.97 Å². The number of nitrogens with zero attached hydrogens (tertiary/aromatic N) is 2. The van der Waals surface area contributed by atoms with Gasteiger partial charge in [-0.15, -0.1) is 0 Å². The van der Waals surface area contributed by atoms with Crippen molar-refractivity contribution < 1.29 is 9.53 Å². The highest BCUT2D eigenvalue weighted by Gasteiger charge is 2.11. The van der Waals surface area contributed by atoms with E-state index < -0.39 is 17.2 Å². The monoisotopic (exact) mass is 274 g/mol. The van der Waals surface area contributed by atoms with E-state index in [1.54, 1.807) is 31.3 Å². The van der Waals surface area contributed by atoms with Gasteiger partial charge in [0.05, 0.1) is 18.2 Å². The molecular weight excluding hydrogens is 260 g/mol. The molecule has 0 atom stereocenters. The average molecular weight is 274 g/mol. The van der Waals surface area contributed by atoms with E-state index in [4.69, 9.17) is 0 Å². The van der Waals surface area contributed by atoms with Crippen LogP contribution in [0.15, 0.2) is 40.1 Å². The number of methoxy groups -OCH3 is 1. The number of carbonyl (C=O) groups is 1. The summed E-state index contributed by atoms with van der Waals surface area (Å²) < 4.78 is 7.00. The lowest BCUT2D eigenvalue weighted by atomic mass is 10.1. The maximum absolute atomic E-state index is 12.1. The van der Waals surface area contributed by atoms with Gasteiger partial charge in [-0.1, -0.05) is 12.1 Å². The molecule has 6 nitrogen and oxygen atoms in total. The minimum Gasteiger partial charge on any atom is -0.465 e. The lowest BCUT2D eigenvalue weighted by molar-refractivity contribution is 0.0601. The normalized spacial score (nSPS) is 10.3. The fourth-order valence-electron chi connectivity index (χ4n) is 1.94. The number of carbonyl (C=O) groups excluding carboxylic acids is 1. The molecule has 1 heterocycles. The molecule has 0 saturated carbocycles. The first-order chi connectivity index (χ1) is 9.45. The third-order valence-corrected chi connectivity index (χ3v) is 3.04. The molecule has 0 radical (unpaired) electrons. The molecule has 0 aliphatic carbocycles. The fourth-order valence-corrected chi connectivity index (χ4v) is 1.94. The van der Waals surface area contributed by atoms with E-state index >= 15 is 0 Å². The largest absolute Gasteiger partial charge is 0.465 e. The van der Waals surface area contributed by atoms with Crippen LogP contribution in [0.25, 0.3) is 11.1 Å². The van der Waals surface area contributed by atoms with Crippen LogP contribution < -0.4 is 11.2 Å². The fraction of sp³-hybridized carbons (Fsp3) is 0.214. The van der Waals surface area contributed by atoms with Crippen LogP contribution in [-0.4, -0.2) is 22.2 Å². The van der Waals surface area contributed by atoms with E-state index in [0.29, 0.717) is 16.7 Å². The summed E-state index contributed by atoms with van der Waals surface area (Å²) in [4.78, 5) is 35.3. The molecule has 0 saturated heterocycles. The highest BCUT2D eigenvalue weighted by Crippen LogP contribution is 2.16. The highest BCUT2D eigenvalue weighted by molar-refractivity contribution is 5.90. The summed E-state index contributed by atoms with van der Waals surface area (Å²) in [6.45, 7) is 0. The molecule has 0 aliphatic heterocycles. The van der Waals surface area contributed by atoms with Crippen LogP contribution in [0.2, 0.25) is 0 Å². The standard InChI is InChI=1S/C14H14N2O4/c1-15-8-11(12(17)16(2)14(15)19)9-5-4-6-10(7-9)13(18)20-3/h4-8H,1-3H3. The summed E-state index contributed by atoms with van der Waals surface area (Å²) >= 11 is 0. The van der Waals surface area contributed by atoms with Crippen molar-refractivity contribution in [3.8, 4) is 11.1 Å². The molecule has 0 unspecified atom stereocenters. The SMILES string of the molecule is COC(=O)c1cccc(-c2cn(C)c(=O)n(C)c2=O)c1. The molecule has 20 heavy (non-hydrogen) atoms. The second kappa shape index (κ2) is 5.16. The van der Waals surface area contributed by atoms with Crippen LogP contribution in [0.5, 0.6) is 0 Å². The third kappa shape index (κ3) is 2.27. The Morgan fingerprint density at radius 2 is 1.90 bits per heavy atom. The van der Waals surface area contributed by atoms with Crippen molar-refractivity contribution in [3.63, 3.8) is 0 Å². The van der Waals surface area contributed by atoms with E-state index in [2.05, 4.69) is 4.74 Å². The lowest BCUT2D eigenvalue weighted by Gasteiger charge is -2.08. The minimum atomic E-state index is -0.478. The van der Waals surface area contributed by atoms with E-state index in [9.17, 15) is 14.4 Å². The molecule has 6 heteroatoms. The Bertz CT molecular complexity index is 786. The summed E-state index contributed by atoms with van der Waals surface area (Å²) in [6.07, 6.45) is 1.46. The van der Waals surface area contributed by atoms with E-state index in [0.717, 1.165) is 4.57 Å². The zero-order valence-corrected chi connectivity index (χ0v) is 11.4. The number of benzene rings is 1. The van der Waals surface area contributed by atoms with Crippen molar-refractivity contribution in [2.24, 2.45) is 14.1 Å². The van der Waals surface area contributed by atoms with Crippen molar-refractivity contribution in [3.05, 3.63) is 56.9 Å². The average Bonchev–Trinajstić information content (AvgIpc) is 2.48. The van der Waals surface area contributed by atoms with Gasteiger partial charge in [0.2, 0.25) is 0 Å². The molecule has 0 N–H and O–H groups in total. The van der Waals surface area contributed by atoms with E-state index in [1.807, 2.05) is 0 Å². The van der Waals surface area contributed by atoms with Crippen LogP contribution in [0, 0.1) is 0 Å². The van der Waals surface area contributed by atoms with Gasteiger partial charge in [-0.2, -0.15) is 0 Å². The summed E-state index contributed by atoms with van der Waals surface area (Å²) in [6, 6.07) is 6.52. The first-order valence-corrected chi connectivity index (χ1v) is 5.91. The molecule has 1 aromatic carbocycles. The number of hydrogen-bond donors (Lipinski definition) is 0. The Morgan fingerprint density at radius 1 is 1.20 bits per heavy atom. The second-order valence-electron chi connectivity index (χ2n) is 4.37. The Balaban J connectivity index is 2.67.